The Morgan fingerprint density at radius 1 is 1.09 bits per heavy atom. The summed E-state index contributed by atoms with van der Waals surface area (Å²) in [6, 6.07) is 9.35. The van der Waals surface area contributed by atoms with Crippen LogP contribution in [0.2, 0.25) is 0 Å². The largest absolute Gasteiger partial charge is 0.446 e. The Bertz CT molecular complexity index is 875. The highest BCUT2D eigenvalue weighted by Gasteiger charge is 2.59. The molecule has 1 aliphatic heterocycles. The molecule has 5 aliphatic rings. The van der Waals surface area contributed by atoms with E-state index in [0.29, 0.717) is 25.4 Å². The minimum absolute atomic E-state index is 0.130. The molecule has 0 spiro atoms. The Balaban J connectivity index is 1.10. The van der Waals surface area contributed by atoms with E-state index in [9.17, 15) is 14.4 Å². The van der Waals surface area contributed by atoms with Gasteiger partial charge in [-0.2, -0.15) is 0 Å². The number of nitrogens with one attached hydrogen (secondary N) is 1. The monoisotopic (exact) mass is 441 g/mol. The minimum atomic E-state index is -0.480. The molecule has 8 heteroatoms. The summed E-state index contributed by atoms with van der Waals surface area (Å²) in [5.41, 5.74) is 6.29. The lowest BCUT2D eigenvalue weighted by Gasteiger charge is -2.58. The Morgan fingerprint density at radius 3 is 2.50 bits per heavy atom. The average molecular weight is 442 g/mol. The molecular formula is C24H31N3O5. The van der Waals surface area contributed by atoms with Gasteiger partial charge in [0.15, 0.2) is 0 Å². The molecule has 4 saturated carbocycles. The first kappa shape index (κ1) is 21.1. The van der Waals surface area contributed by atoms with Crippen molar-refractivity contribution < 1.29 is 23.9 Å². The van der Waals surface area contributed by atoms with Crippen LogP contribution in [0.1, 0.15) is 44.1 Å². The van der Waals surface area contributed by atoms with Crippen LogP contribution in [0.25, 0.3) is 0 Å². The normalized spacial score (nSPS) is 34.9. The minimum Gasteiger partial charge on any atom is -0.446 e. The molecule has 8 nitrogen and oxygen atoms in total. The third kappa shape index (κ3) is 4.02. The average Bonchev–Trinajstić information content (AvgIpc) is 3.23. The van der Waals surface area contributed by atoms with Gasteiger partial charge in [0.25, 0.3) is 0 Å². The Morgan fingerprint density at radius 2 is 1.81 bits per heavy atom. The molecule has 172 valence electrons. The molecule has 4 bridgehead atoms. The van der Waals surface area contributed by atoms with E-state index in [0.717, 1.165) is 37.7 Å². The second-order valence-electron chi connectivity index (χ2n) is 10.1. The number of hydrogen-bond donors (Lipinski definition) is 2. The molecule has 5 fully saturated rings. The second-order valence-corrected chi connectivity index (χ2v) is 10.1. The fourth-order valence-electron chi connectivity index (χ4n) is 6.64. The van der Waals surface area contributed by atoms with Gasteiger partial charge < -0.3 is 25.4 Å². The third-order valence-electron chi connectivity index (χ3n) is 7.93. The molecule has 6 atom stereocenters. The Labute approximate surface area is 187 Å². The highest BCUT2D eigenvalue weighted by Crippen LogP contribution is 2.60. The number of nitrogens with zero attached hydrogens (tertiary/aromatic N) is 1. The van der Waals surface area contributed by atoms with Crippen LogP contribution in [0, 0.1) is 23.2 Å². The third-order valence-corrected chi connectivity index (χ3v) is 7.93. The molecular weight excluding hydrogens is 410 g/mol. The van der Waals surface area contributed by atoms with E-state index in [-0.39, 0.29) is 48.0 Å². The van der Waals surface area contributed by atoms with Crippen molar-refractivity contribution in [2.75, 3.05) is 13.1 Å². The topological polar surface area (TPSA) is 111 Å². The van der Waals surface area contributed by atoms with E-state index < -0.39 is 6.09 Å². The van der Waals surface area contributed by atoms with Crippen molar-refractivity contribution in [3.8, 4) is 0 Å². The number of nitrogens with two attached hydrogens (primary N) is 1. The zero-order chi connectivity index (χ0) is 22.3. The molecule has 32 heavy (non-hydrogen) atoms. The van der Waals surface area contributed by atoms with Crippen LogP contribution in [0.4, 0.5) is 9.59 Å². The van der Waals surface area contributed by atoms with Crippen molar-refractivity contribution in [3.63, 3.8) is 0 Å². The van der Waals surface area contributed by atoms with E-state index in [4.69, 9.17) is 15.2 Å². The lowest BCUT2D eigenvalue weighted by molar-refractivity contribution is -0.161. The molecule has 3 amide bonds. The molecule has 1 aromatic carbocycles. The Kier molecular flexibility index (Phi) is 5.47. The van der Waals surface area contributed by atoms with Gasteiger partial charge >= 0.3 is 12.2 Å². The summed E-state index contributed by atoms with van der Waals surface area (Å²) in [6.45, 7) is 1.16. The zero-order valence-corrected chi connectivity index (χ0v) is 18.2. The van der Waals surface area contributed by atoms with Crippen molar-refractivity contribution in [3.05, 3.63) is 35.9 Å². The molecule has 4 aliphatic carbocycles. The molecule has 6 rings (SSSR count). The van der Waals surface area contributed by atoms with Gasteiger partial charge in [-0.05, 0) is 61.8 Å². The molecule has 3 N–H and O–H groups in total. The number of primary amides is 1. The fourth-order valence-corrected chi connectivity index (χ4v) is 6.64. The number of benzene rings is 1. The summed E-state index contributed by atoms with van der Waals surface area (Å²) in [4.78, 5) is 38.7. The molecule has 1 aromatic rings. The molecule has 1 saturated heterocycles. The van der Waals surface area contributed by atoms with Crippen molar-refractivity contribution in [1.82, 2.24) is 10.2 Å². The van der Waals surface area contributed by atoms with Crippen LogP contribution >= 0.6 is 0 Å². The molecule has 1 heterocycles. The van der Waals surface area contributed by atoms with Gasteiger partial charge in [0.2, 0.25) is 5.91 Å². The highest BCUT2D eigenvalue weighted by molar-refractivity contribution is 5.81. The molecule has 4 unspecified atom stereocenters. The summed E-state index contributed by atoms with van der Waals surface area (Å²) in [6.07, 6.45) is 4.14. The van der Waals surface area contributed by atoms with E-state index in [1.165, 1.54) is 0 Å². The number of rotatable bonds is 5. The predicted octanol–water partition coefficient (Wildman–Crippen LogP) is 2.80. The number of carbonyl (C=O) groups excluding carboxylic acids is 3. The summed E-state index contributed by atoms with van der Waals surface area (Å²) in [5, 5.41) is 2.84. The number of carbonyl (C=O) groups is 3. The first-order valence-corrected chi connectivity index (χ1v) is 11.6. The van der Waals surface area contributed by atoms with Gasteiger partial charge in [0.05, 0.1) is 11.5 Å². The summed E-state index contributed by atoms with van der Waals surface area (Å²) >= 11 is 0. The van der Waals surface area contributed by atoms with Crippen LogP contribution in [0.3, 0.4) is 0 Å². The van der Waals surface area contributed by atoms with Gasteiger partial charge in [-0.25, -0.2) is 9.59 Å². The quantitative estimate of drug-likeness (QED) is 0.730. The van der Waals surface area contributed by atoms with Gasteiger partial charge in [-0.15, -0.1) is 0 Å². The Hall–Kier alpha value is -2.77. The number of amides is 3. The lowest BCUT2D eigenvalue weighted by atomic mass is 9.48. The van der Waals surface area contributed by atoms with Gasteiger partial charge in [-0.3, -0.25) is 4.79 Å². The van der Waals surface area contributed by atoms with Gasteiger partial charge in [0.1, 0.15) is 12.7 Å². The van der Waals surface area contributed by atoms with Gasteiger partial charge in [0, 0.05) is 13.1 Å². The predicted molar refractivity (Wildman–Crippen MR) is 115 cm³/mol. The van der Waals surface area contributed by atoms with E-state index >= 15 is 0 Å². The van der Waals surface area contributed by atoms with Gasteiger partial charge in [-0.1, -0.05) is 30.3 Å². The van der Waals surface area contributed by atoms with Crippen LogP contribution in [0.5, 0.6) is 0 Å². The lowest BCUT2D eigenvalue weighted by Crippen LogP contribution is -2.59. The van der Waals surface area contributed by atoms with E-state index in [2.05, 4.69) is 5.32 Å². The highest BCUT2D eigenvalue weighted by atomic mass is 16.6. The van der Waals surface area contributed by atoms with Crippen LogP contribution in [0.15, 0.2) is 30.3 Å². The number of alkyl carbamates (subject to hydrolysis) is 1. The summed E-state index contributed by atoms with van der Waals surface area (Å²) in [7, 11) is 0. The summed E-state index contributed by atoms with van der Waals surface area (Å²) in [5.74, 6) is 0.788. The number of likely N-dealkylation sites (tertiary alicyclic amines) is 1. The molecule has 0 aromatic heterocycles. The smallest absolute Gasteiger partial charge is 0.410 e. The van der Waals surface area contributed by atoms with Crippen molar-refractivity contribution in [2.45, 2.75) is 57.3 Å². The first-order chi connectivity index (χ1) is 15.4. The van der Waals surface area contributed by atoms with E-state index in [1.807, 2.05) is 30.3 Å². The standard InChI is InChI=1S/C24H31N3O5/c25-21(28)24-10-16-8-17(11-24)20(18(9-16)12-24)32-23(30)27-7-6-19(13-27)26-22(29)31-14-15-4-2-1-3-5-15/h1-5,16-20H,6-14H2,(H2,25,28)(H,26,29)/t16?,17-,18?,19-,20?,24?/m1/s1. The SMILES string of the molecule is NC(=O)C12CC3CC(C1)C(OC(=O)N1CC[C@@H](NC(=O)OCc4ccccc4)C1)[C@H](C3)C2. The maximum Gasteiger partial charge on any atom is 0.410 e. The maximum atomic E-state index is 12.9. The number of ether oxygens (including phenoxy) is 2. The van der Waals surface area contributed by atoms with E-state index in [1.54, 1.807) is 4.90 Å². The summed E-state index contributed by atoms with van der Waals surface area (Å²) < 4.78 is 11.3. The van der Waals surface area contributed by atoms with Crippen molar-refractivity contribution in [1.29, 1.82) is 0 Å². The first-order valence-electron chi connectivity index (χ1n) is 11.6. The van der Waals surface area contributed by atoms with Crippen molar-refractivity contribution in [2.24, 2.45) is 28.9 Å². The second kappa shape index (κ2) is 8.30. The van der Waals surface area contributed by atoms with Crippen LogP contribution in [-0.2, 0) is 20.9 Å². The van der Waals surface area contributed by atoms with Crippen molar-refractivity contribution >= 4 is 18.1 Å². The number of hydrogen-bond acceptors (Lipinski definition) is 5. The molecule has 0 radical (unpaired) electrons. The van der Waals surface area contributed by atoms with Crippen LogP contribution < -0.4 is 11.1 Å². The zero-order valence-electron chi connectivity index (χ0n) is 18.2. The van der Waals surface area contributed by atoms with Crippen LogP contribution in [-0.4, -0.2) is 48.2 Å². The fraction of sp³-hybridized carbons (Fsp3) is 0.625. The maximum absolute atomic E-state index is 12.9.